The van der Waals surface area contributed by atoms with Crippen LogP contribution in [-0.4, -0.2) is 24.0 Å². The van der Waals surface area contributed by atoms with Crippen LogP contribution in [-0.2, 0) is 9.53 Å². The lowest BCUT2D eigenvalue weighted by molar-refractivity contribution is -0.144. The molecule has 1 unspecified atom stereocenters. The first kappa shape index (κ1) is 17.7. The SMILES string of the molecule is CC(C)(C)COC(=O)CNP(O)Oc1ccc2ccccc2c1. The van der Waals surface area contributed by atoms with Crippen molar-refractivity contribution in [2.24, 2.45) is 5.41 Å². The topological polar surface area (TPSA) is 67.8 Å². The Morgan fingerprint density at radius 2 is 1.87 bits per heavy atom. The van der Waals surface area contributed by atoms with Gasteiger partial charge in [-0.25, -0.2) is 5.09 Å². The van der Waals surface area contributed by atoms with Gasteiger partial charge >= 0.3 is 14.5 Å². The average Bonchev–Trinajstić information content (AvgIpc) is 2.50. The first-order valence-electron chi connectivity index (χ1n) is 7.38. The summed E-state index contributed by atoms with van der Waals surface area (Å²) in [6.45, 7) is 6.19. The van der Waals surface area contributed by atoms with Gasteiger partial charge in [0, 0.05) is 0 Å². The highest BCUT2D eigenvalue weighted by Gasteiger charge is 2.15. The molecule has 2 N–H and O–H groups in total. The van der Waals surface area contributed by atoms with Crippen LogP contribution in [0.1, 0.15) is 20.8 Å². The second kappa shape index (κ2) is 7.73. The molecule has 0 heterocycles. The predicted octanol–water partition coefficient (Wildman–Crippen LogP) is 3.62. The maximum Gasteiger partial charge on any atom is 0.320 e. The van der Waals surface area contributed by atoms with Gasteiger partial charge in [-0.1, -0.05) is 51.1 Å². The molecule has 2 aromatic carbocycles. The van der Waals surface area contributed by atoms with Gasteiger partial charge in [0.05, 0.1) is 6.61 Å². The van der Waals surface area contributed by atoms with Gasteiger partial charge in [-0.3, -0.25) is 4.79 Å². The predicted molar refractivity (Wildman–Crippen MR) is 92.1 cm³/mol. The van der Waals surface area contributed by atoms with Gasteiger partial charge in [-0.05, 0) is 28.3 Å². The molecule has 0 saturated heterocycles. The van der Waals surface area contributed by atoms with Crippen LogP contribution >= 0.6 is 8.53 Å². The van der Waals surface area contributed by atoms with Crippen molar-refractivity contribution in [1.29, 1.82) is 0 Å². The second-order valence-corrected chi connectivity index (χ2v) is 7.47. The summed E-state index contributed by atoms with van der Waals surface area (Å²) in [5.74, 6) is 0.136. The van der Waals surface area contributed by atoms with Crippen LogP contribution in [0.25, 0.3) is 10.8 Å². The zero-order valence-electron chi connectivity index (χ0n) is 13.6. The Morgan fingerprint density at radius 3 is 2.57 bits per heavy atom. The number of ether oxygens (including phenoxy) is 1. The Labute approximate surface area is 137 Å². The number of benzene rings is 2. The van der Waals surface area contributed by atoms with E-state index in [1.807, 2.05) is 57.2 Å². The van der Waals surface area contributed by atoms with Crippen molar-refractivity contribution in [2.75, 3.05) is 13.2 Å². The van der Waals surface area contributed by atoms with Crippen LogP contribution in [0.3, 0.4) is 0 Å². The lowest BCUT2D eigenvalue weighted by Crippen LogP contribution is -2.26. The van der Waals surface area contributed by atoms with Crippen LogP contribution in [0.15, 0.2) is 42.5 Å². The van der Waals surface area contributed by atoms with Gasteiger partial charge in [0.1, 0.15) is 12.3 Å². The number of rotatable bonds is 6. The summed E-state index contributed by atoms with van der Waals surface area (Å²) < 4.78 is 10.5. The molecule has 124 valence electrons. The maximum absolute atomic E-state index is 11.6. The molecule has 2 aromatic rings. The first-order valence-corrected chi connectivity index (χ1v) is 8.60. The van der Waals surface area contributed by atoms with Gasteiger partial charge in [-0.15, -0.1) is 0 Å². The van der Waals surface area contributed by atoms with Crippen LogP contribution in [0.5, 0.6) is 5.75 Å². The Hall–Kier alpha value is -1.68. The van der Waals surface area contributed by atoms with Crippen molar-refractivity contribution in [1.82, 2.24) is 5.09 Å². The lowest BCUT2D eigenvalue weighted by Gasteiger charge is -2.18. The summed E-state index contributed by atoms with van der Waals surface area (Å²) in [6.07, 6.45) is 0. The normalized spacial score (nSPS) is 12.9. The summed E-state index contributed by atoms with van der Waals surface area (Å²) in [6, 6.07) is 13.4. The van der Waals surface area contributed by atoms with Crippen molar-refractivity contribution in [2.45, 2.75) is 20.8 Å². The van der Waals surface area contributed by atoms with E-state index < -0.39 is 14.5 Å². The Kier molecular flexibility index (Phi) is 5.94. The van der Waals surface area contributed by atoms with Crippen LogP contribution < -0.4 is 9.61 Å². The zero-order chi connectivity index (χ0) is 16.9. The number of carbonyl (C=O) groups excluding carboxylic acids is 1. The summed E-state index contributed by atoms with van der Waals surface area (Å²) in [4.78, 5) is 21.5. The van der Waals surface area contributed by atoms with Crippen molar-refractivity contribution < 1.29 is 18.9 Å². The minimum Gasteiger partial charge on any atom is -0.464 e. The van der Waals surface area contributed by atoms with E-state index in [9.17, 15) is 9.69 Å². The van der Waals surface area contributed by atoms with E-state index >= 15 is 0 Å². The third-order valence-corrected chi connectivity index (χ3v) is 3.75. The number of fused-ring (bicyclic) bond motifs is 1. The van der Waals surface area contributed by atoms with E-state index in [1.54, 1.807) is 6.07 Å². The largest absolute Gasteiger partial charge is 0.464 e. The fourth-order valence-corrected chi connectivity index (χ4v) is 2.48. The zero-order valence-corrected chi connectivity index (χ0v) is 14.5. The number of hydrogen-bond donors (Lipinski definition) is 2. The molecule has 0 aliphatic carbocycles. The summed E-state index contributed by atoms with van der Waals surface area (Å²) in [5.41, 5.74) is -0.0821. The van der Waals surface area contributed by atoms with E-state index in [2.05, 4.69) is 5.09 Å². The molecule has 0 fully saturated rings. The molecule has 0 bridgehead atoms. The molecule has 6 heteroatoms. The molecule has 0 aliphatic heterocycles. The summed E-state index contributed by atoms with van der Waals surface area (Å²) in [7, 11) is -1.93. The molecule has 1 atom stereocenters. The Bertz CT molecular complexity index is 669. The molecule has 5 nitrogen and oxygen atoms in total. The molecule has 0 aliphatic rings. The summed E-state index contributed by atoms with van der Waals surface area (Å²) in [5, 5.41) is 4.76. The van der Waals surface area contributed by atoms with Gasteiger partial charge in [0.25, 0.3) is 0 Å². The van der Waals surface area contributed by atoms with E-state index in [0.717, 1.165) is 10.8 Å². The molecule has 0 radical (unpaired) electrons. The average molecular weight is 335 g/mol. The maximum atomic E-state index is 11.6. The third kappa shape index (κ3) is 6.14. The molecular formula is C17H22NO4P. The van der Waals surface area contributed by atoms with Gasteiger partial charge in [-0.2, -0.15) is 0 Å². The van der Waals surface area contributed by atoms with Crippen LogP contribution in [0.2, 0.25) is 0 Å². The van der Waals surface area contributed by atoms with Gasteiger partial charge in [0.2, 0.25) is 0 Å². The number of nitrogens with one attached hydrogen (secondary N) is 1. The smallest absolute Gasteiger partial charge is 0.320 e. The van der Waals surface area contributed by atoms with Crippen LogP contribution in [0, 0.1) is 5.41 Å². The molecule has 0 amide bonds. The standard InChI is InChI=1S/C17H22NO4P/c1-17(2,3)12-21-16(19)11-18-23(20)22-15-9-8-13-6-4-5-7-14(13)10-15/h4-10,18,20H,11-12H2,1-3H3. The molecule has 23 heavy (non-hydrogen) atoms. The monoisotopic (exact) mass is 335 g/mol. The minimum absolute atomic E-state index is 0.0821. The highest BCUT2D eigenvalue weighted by molar-refractivity contribution is 7.44. The highest BCUT2D eigenvalue weighted by Crippen LogP contribution is 2.31. The fraction of sp³-hybridized carbons (Fsp3) is 0.353. The van der Waals surface area contributed by atoms with Crippen LogP contribution in [0.4, 0.5) is 0 Å². The molecule has 2 rings (SSSR count). The minimum atomic E-state index is -1.93. The van der Waals surface area contributed by atoms with Crippen molar-refractivity contribution in [3.63, 3.8) is 0 Å². The number of hydrogen-bond acceptors (Lipinski definition) is 5. The first-order chi connectivity index (χ1) is 10.8. The third-order valence-electron chi connectivity index (χ3n) is 2.94. The number of carbonyl (C=O) groups is 1. The van der Waals surface area contributed by atoms with E-state index in [0.29, 0.717) is 12.4 Å². The number of esters is 1. The van der Waals surface area contributed by atoms with Gasteiger partial charge in [0.15, 0.2) is 0 Å². The molecule has 0 aromatic heterocycles. The Morgan fingerprint density at radius 1 is 1.17 bits per heavy atom. The quantitative estimate of drug-likeness (QED) is 0.623. The van der Waals surface area contributed by atoms with Gasteiger partial charge < -0.3 is 14.2 Å². The van der Waals surface area contributed by atoms with E-state index in [1.165, 1.54) is 0 Å². The molecule has 0 spiro atoms. The Balaban J connectivity index is 1.81. The lowest BCUT2D eigenvalue weighted by atomic mass is 9.99. The summed E-state index contributed by atoms with van der Waals surface area (Å²) >= 11 is 0. The van der Waals surface area contributed by atoms with E-state index in [-0.39, 0.29) is 12.0 Å². The highest BCUT2D eigenvalue weighted by atomic mass is 31.2. The van der Waals surface area contributed by atoms with Crippen molar-refractivity contribution in [3.8, 4) is 5.75 Å². The van der Waals surface area contributed by atoms with E-state index in [4.69, 9.17) is 9.26 Å². The van der Waals surface area contributed by atoms with Crippen molar-refractivity contribution in [3.05, 3.63) is 42.5 Å². The van der Waals surface area contributed by atoms with Crippen molar-refractivity contribution >= 4 is 25.3 Å². The second-order valence-electron chi connectivity index (χ2n) is 6.43. The molecule has 0 saturated carbocycles. The fourth-order valence-electron chi connectivity index (χ4n) is 1.84. The molecular weight excluding hydrogens is 313 g/mol.